The Morgan fingerprint density at radius 1 is 0.829 bits per heavy atom. The summed E-state index contributed by atoms with van der Waals surface area (Å²) >= 11 is 0. The van der Waals surface area contributed by atoms with Gasteiger partial charge < -0.3 is 18.6 Å². The Labute approximate surface area is 210 Å². The van der Waals surface area contributed by atoms with Gasteiger partial charge in [-0.1, -0.05) is 62.4 Å². The number of hydrogen-bond acceptors (Lipinski definition) is 5. The Morgan fingerprint density at radius 2 is 1.49 bits per heavy atom. The summed E-state index contributed by atoms with van der Waals surface area (Å²) in [6, 6.07) is 24.5. The van der Waals surface area contributed by atoms with E-state index in [9.17, 15) is 4.79 Å². The standard InChI is InChI=1S/C29H36O5Si/c1-29(2,23-12-8-7-9-13-23)24-15-17-25(18-16-24)33-28(30)34-26-19-14-22(21-27(26)31-3)11-10-20-35(5,6)32-4/h7-9,12-19,21H,10-11,20H2,1-6H3. The SMILES string of the molecule is COc1cc(CCC[Si](C)(C)OC)ccc1OC(=O)Oc1ccc(C(C)(C)c2ccccc2)cc1. The van der Waals surface area contributed by atoms with Gasteiger partial charge in [0.05, 0.1) is 7.11 Å². The number of benzene rings is 3. The second-order valence-corrected chi connectivity index (χ2v) is 14.2. The van der Waals surface area contributed by atoms with Crippen molar-refractivity contribution in [3.05, 3.63) is 89.5 Å². The van der Waals surface area contributed by atoms with Crippen molar-refractivity contribution in [1.29, 1.82) is 0 Å². The van der Waals surface area contributed by atoms with Crippen molar-refractivity contribution in [2.45, 2.75) is 51.2 Å². The van der Waals surface area contributed by atoms with Crippen LogP contribution in [-0.4, -0.2) is 28.7 Å². The minimum absolute atomic E-state index is 0.170. The van der Waals surface area contributed by atoms with Crippen molar-refractivity contribution in [3.8, 4) is 17.2 Å². The Balaban J connectivity index is 1.61. The molecule has 0 saturated heterocycles. The van der Waals surface area contributed by atoms with Gasteiger partial charge in [0.15, 0.2) is 19.8 Å². The molecule has 5 nitrogen and oxygen atoms in total. The summed E-state index contributed by atoms with van der Waals surface area (Å²) < 4.78 is 21.9. The maximum Gasteiger partial charge on any atom is 0.519 e. The van der Waals surface area contributed by atoms with Crippen LogP contribution >= 0.6 is 0 Å². The van der Waals surface area contributed by atoms with E-state index in [2.05, 4.69) is 39.1 Å². The van der Waals surface area contributed by atoms with Gasteiger partial charge in [0, 0.05) is 12.5 Å². The third kappa shape index (κ3) is 7.20. The van der Waals surface area contributed by atoms with Crippen molar-refractivity contribution >= 4 is 14.5 Å². The molecule has 0 radical (unpaired) electrons. The summed E-state index contributed by atoms with van der Waals surface area (Å²) in [6.07, 6.45) is 1.14. The topological polar surface area (TPSA) is 54.0 Å². The van der Waals surface area contributed by atoms with Crippen molar-refractivity contribution in [3.63, 3.8) is 0 Å². The molecule has 0 fully saturated rings. The number of methoxy groups -OCH3 is 1. The van der Waals surface area contributed by atoms with E-state index in [4.69, 9.17) is 18.6 Å². The third-order valence-corrected chi connectivity index (χ3v) is 9.15. The van der Waals surface area contributed by atoms with Gasteiger partial charge in [0.1, 0.15) is 5.75 Å². The van der Waals surface area contributed by atoms with Crippen molar-refractivity contribution in [2.75, 3.05) is 14.2 Å². The van der Waals surface area contributed by atoms with E-state index >= 15 is 0 Å². The zero-order chi connectivity index (χ0) is 25.5. The van der Waals surface area contributed by atoms with Crippen LogP contribution in [0.15, 0.2) is 72.8 Å². The Bertz CT molecular complexity index is 1110. The van der Waals surface area contributed by atoms with Crippen LogP contribution in [0.25, 0.3) is 0 Å². The number of ether oxygens (including phenoxy) is 3. The Hall–Kier alpha value is -3.09. The summed E-state index contributed by atoms with van der Waals surface area (Å²) in [6.45, 7) is 8.77. The van der Waals surface area contributed by atoms with E-state index in [1.807, 2.05) is 42.5 Å². The largest absolute Gasteiger partial charge is 0.519 e. The highest BCUT2D eigenvalue weighted by Crippen LogP contribution is 2.33. The predicted molar refractivity (Wildman–Crippen MR) is 142 cm³/mol. The molecule has 0 atom stereocenters. The summed E-state index contributed by atoms with van der Waals surface area (Å²) in [5.74, 6) is 1.25. The average Bonchev–Trinajstić information content (AvgIpc) is 2.85. The fourth-order valence-electron chi connectivity index (χ4n) is 3.94. The highest BCUT2D eigenvalue weighted by Gasteiger charge is 2.23. The smallest absolute Gasteiger partial charge is 0.493 e. The first kappa shape index (κ1) is 26.5. The van der Waals surface area contributed by atoms with Crippen LogP contribution in [0, 0.1) is 0 Å². The van der Waals surface area contributed by atoms with E-state index in [1.165, 1.54) is 5.56 Å². The first-order chi connectivity index (χ1) is 16.6. The summed E-state index contributed by atoms with van der Waals surface area (Å²) in [4.78, 5) is 12.4. The molecule has 3 rings (SSSR count). The molecule has 0 aliphatic heterocycles. The molecule has 0 aliphatic carbocycles. The lowest BCUT2D eigenvalue weighted by Crippen LogP contribution is -2.28. The lowest BCUT2D eigenvalue weighted by Gasteiger charge is -2.26. The second kappa shape index (κ2) is 11.6. The molecule has 0 heterocycles. The highest BCUT2D eigenvalue weighted by molar-refractivity contribution is 6.71. The molecule has 0 spiro atoms. The van der Waals surface area contributed by atoms with Crippen LogP contribution in [-0.2, 0) is 16.3 Å². The Kier molecular flexibility index (Phi) is 8.75. The van der Waals surface area contributed by atoms with Crippen LogP contribution in [0.3, 0.4) is 0 Å². The number of rotatable bonds is 10. The molecule has 35 heavy (non-hydrogen) atoms. The quantitative estimate of drug-likeness (QED) is 0.168. The van der Waals surface area contributed by atoms with Gasteiger partial charge >= 0.3 is 6.16 Å². The highest BCUT2D eigenvalue weighted by atomic mass is 28.4. The molecular weight excluding hydrogens is 456 g/mol. The van der Waals surface area contributed by atoms with Crippen LogP contribution in [0.4, 0.5) is 4.79 Å². The molecule has 0 amide bonds. The monoisotopic (exact) mass is 492 g/mol. The number of carbonyl (C=O) groups excluding carboxylic acids is 1. The van der Waals surface area contributed by atoms with Gasteiger partial charge in [-0.2, -0.15) is 0 Å². The second-order valence-electron chi connectivity index (χ2n) is 9.77. The lowest BCUT2D eigenvalue weighted by molar-refractivity contribution is 0.150. The molecule has 6 heteroatoms. The van der Waals surface area contributed by atoms with Gasteiger partial charge in [-0.25, -0.2) is 4.79 Å². The molecule has 0 unspecified atom stereocenters. The molecule has 0 N–H and O–H groups in total. The van der Waals surface area contributed by atoms with E-state index in [-0.39, 0.29) is 5.41 Å². The maximum atomic E-state index is 12.4. The molecule has 3 aromatic carbocycles. The predicted octanol–water partition coefficient (Wildman–Crippen LogP) is 7.38. The van der Waals surface area contributed by atoms with Crippen molar-refractivity contribution in [1.82, 2.24) is 0 Å². The first-order valence-corrected chi connectivity index (χ1v) is 15.0. The van der Waals surface area contributed by atoms with Crippen LogP contribution < -0.4 is 14.2 Å². The minimum Gasteiger partial charge on any atom is -0.493 e. The molecule has 0 aliphatic rings. The van der Waals surface area contributed by atoms with Crippen LogP contribution in [0.1, 0.15) is 37.0 Å². The fraction of sp³-hybridized carbons (Fsp3) is 0.345. The molecule has 0 aromatic heterocycles. The molecule has 0 bridgehead atoms. The van der Waals surface area contributed by atoms with Gasteiger partial charge in [0.2, 0.25) is 0 Å². The van der Waals surface area contributed by atoms with Crippen LogP contribution in [0.5, 0.6) is 17.2 Å². The number of hydrogen-bond donors (Lipinski definition) is 0. The van der Waals surface area contributed by atoms with Gasteiger partial charge in [-0.15, -0.1) is 0 Å². The average molecular weight is 493 g/mol. The molecule has 3 aromatic rings. The zero-order valence-electron chi connectivity index (χ0n) is 21.6. The summed E-state index contributed by atoms with van der Waals surface area (Å²) in [5, 5.41) is 0. The van der Waals surface area contributed by atoms with Gasteiger partial charge in [0.25, 0.3) is 0 Å². The molecular formula is C29H36O5Si. The maximum absolute atomic E-state index is 12.4. The number of carbonyl (C=O) groups is 1. The number of aryl methyl sites for hydroxylation is 1. The van der Waals surface area contributed by atoms with Gasteiger partial charge in [-0.3, -0.25) is 0 Å². The van der Waals surface area contributed by atoms with E-state index < -0.39 is 14.5 Å². The van der Waals surface area contributed by atoms with Crippen molar-refractivity contribution < 1.29 is 23.4 Å². The van der Waals surface area contributed by atoms with Crippen molar-refractivity contribution in [2.24, 2.45) is 0 Å². The van der Waals surface area contributed by atoms with E-state index in [0.29, 0.717) is 17.2 Å². The van der Waals surface area contributed by atoms with E-state index in [1.54, 1.807) is 32.4 Å². The summed E-state index contributed by atoms with van der Waals surface area (Å²) in [5.41, 5.74) is 3.29. The normalized spacial score (nSPS) is 11.7. The Morgan fingerprint density at radius 3 is 2.11 bits per heavy atom. The fourth-order valence-corrected chi connectivity index (χ4v) is 5.17. The minimum atomic E-state index is -1.57. The van der Waals surface area contributed by atoms with E-state index in [0.717, 1.165) is 30.0 Å². The first-order valence-electron chi connectivity index (χ1n) is 11.9. The molecule has 0 saturated carbocycles. The van der Waals surface area contributed by atoms with Gasteiger partial charge in [-0.05, 0) is 72.9 Å². The lowest BCUT2D eigenvalue weighted by atomic mass is 9.78. The molecule has 186 valence electrons. The van der Waals surface area contributed by atoms with Crippen LogP contribution in [0.2, 0.25) is 19.1 Å². The third-order valence-electron chi connectivity index (χ3n) is 6.49. The zero-order valence-corrected chi connectivity index (χ0v) is 22.6. The summed E-state index contributed by atoms with van der Waals surface area (Å²) in [7, 11) is 1.78.